The van der Waals surface area contributed by atoms with Gasteiger partial charge >= 0.3 is 0 Å². The molecule has 2 rings (SSSR count). The number of carbonyl (C=O) groups is 1. The Morgan fingerprint density at radius 1 is 1.43 bits per heavy atom. The van der Waals surface area contributed by atoms with E-state index in [0.717, 1.165) is 6.42 Å². The Bertz CT molecular complexity index is 691. The van der Waals surface area contributed by atoms with Crippen LogP contribution in [-0.2, 0) is 14.6 Å². The van der Waals surface area contributed by atoms with E-state index in [0.29, 0.717) is 29.8 Å². The average molecular weight is 308 g/mol. The number of hydrogen-bond donors (Lipinski definition) is 1. The number of methoxy groups -OCH3 is 1. The fourth-order valence-electron chi connectivity index (χ4n) is 2.33. The number of anilines is 1. The summed E-state index contributed by atoms with van der Waals surface area (Å²) in [6.07, 6.45) is 1.67. The zero-order chi connectivity index (χ0) is 15.5. The van der Waals surface area contributed by atoms with E-state index >= 15 is 0 Å². The van der Waals surface area contributed by atoms with Crippen LogP contribution in [0, 0.1) is 11.3 Å². The SMILES string of the molecule is COc1cc(C#N)ccc1NC(=O)C1CCCCS1(=O)=O. The third-order valence-corrected chi connectivity index (χ3v) is 5.63. The van der Waals surface area contributed by atoms with Gasteiger partial charge in [-0.3, -0.25) is 4.79 Å². The highest BCUT2D eigenvalue weighted by atomic mass is 32.2. The first-order chi connectivity index (χ1) is 9.97. The van der Waals surface area contributed by atoms with Crippen LogP contribution in [-0.4, -0.2) is 32.4 Å². The highest BCUT2D eigenvalue weighted by Crippen LogP contribution is 2.27. The molecule has 0 radical (unpaired) electrons. The van der Waals surface area contributed by atoms with E-state index in [1.807, 2.05) is 6.07 Å². The molecule has 1 aliphatic heterocycles. The lowest BCUT2D eigenvalue weighted by Gasteiger charge is -2.21. The van der Waals surface area contributed by atoms with Gasteiger partial charge in [-0.2, -0.15) is 5.26 Å². The van der Waals surface area contributed by atoms with Crippen LogP contribution < -0.4 is 10.1 Å². The lowest BCUT2D eigenvalue weighted by molar-refractivity contribution is -0.116. The lowest BCUT2D eigenvalue weighted by Crippen LogP contribution is -2.39. The summed E-state index contributed by atoms with van der Waals surface area (Å²) in [6.45, 7) is 0. The molecule has 7 heteroatoms. The minimum Gasteiger partial charge on any atom is -0.495 e. The highest BCUT2D eigenvalue weighted by molar-refractivity contribution is 7.92. The first kappa shape index (κ1) is 15.3. The molecule has 1 unspecified atom stereocenters. The molecule has 1 aromatic carbocycles. The minimum atomic E-state index is -3.38. The maximum absolute atomic E-state index is 12.2. The van der Waals surface area contributed by atoms with Crippen molar-refractivity contribution in [1.29, 1.82) is 5.26 Å². The molecule has 21 heavy (non-hydrogen) atoms. The molecule has 1 atom stereocenters. The molecule has 112 valence electrons. The standard InChI is InChI=1S/C14H16N2O4S/c1-20-12-8-10(9-15)5-6-11(12)16-14(17)13-4-2-3-7-21(13,18)19/h5-6,8,13H,2-4,7H2,1H3,(H,16,17). The second kappa shape index (κ2) is 6.14. The number of nitrogens with one attached hydrogen (secondary N) is 1. The third-order valence-electron chi connectivity index (χ3n) is 3.46. The van der Waals surface area contributed by atoms with Crippen molar-refractivity contribution in [1.82, 2.24) is 0 Å². The summed E-state index contributed by atoms with van der Waals surface area (Å²) >= 11 is 0. The van der Waals surface area contributed by atoms with Gasteiger partial charge in [0.05, 0.1) is 30.2 Å². The van der Waals surface area contributed by atoms with Crippen LogP contribution in [0.1, 0.15) is 24.8 Å². The van der Waals surface area contributed by atoms with Gasteiger partial charge in [-0.05, 0) is 25.0 Å². The highest BCUT2D eigenvalue weighted by Gasteiger charge is 2.35. The minimum absolute atomic E-state index is 0.0512. The molecule has 0 saturated carbocycles. The Kier molecular flexibility index (Phi) is 4.48. The van der Waals surface area contributed by atoms with E-state index in [1.54, 1.807) is 0 Å². The van der Waals surface area contributed by atoms with Gasteiger partial charge < -0.3 is 10.1 Å². The summed E-state index contributed by atoms with van der Waals surface area (Å²) < 4.78 is 29.0. The van der Waals surface area contributed by atoms with Gasteiger partial charge in [0.25, 0.3) is 0 Å². The van der Waals surface area contributed by atoms with Crippen LogP contribution in [0.25, 0.3) is 0 Å². The van der Waals surface area contributed by atoms with E-state index in [9.17, 15) is 13.2 Å². The molecule has 1 amide bonds. The number of benzene rings is 1. The first-order valence-corrected chi connectivity index (χ1v) is 8.30. The summed E-state index contributed by atoms with van der Waals surface area (Å²) in [4.78, 5) is 12.2. The maximum Gasteiger partial charge on any atom is 0.242 e. The van der Waals surface area contributed by atoms with Gasteiger partial charge in [-0.15, -0.1) is 0 Å². The number of nitriles is 1. The van der Waals surface area contributed by atoms with E-state index < -0.39 is 21.0 Å². The first-order valence-electron chi connectivity index (χ1n) is 6.58. The molecule has 1 fully saturated rings. The van der Waals surface area contributed by atoms with Gasteiger partial charge in [0, 0.05) is 6.07 Å². The lowest BCUT2D eigenvalue weighted by atomic mass is 10.1. The van der Waals surface area contributed by atoms with Crippen LogP contribution in [0.3, 0.4) is 0 Å². The van der Waals surface area contributed by atoms with Crippen molar-refractivity contribution < 1.29 is 17.9 Å². The predicted molar refractivity (Wildman–Crippen MR) is 77.8 cm³/mol. The summed E-state index contributed by atoms with van der Waals surface area (Å²) in [7, 11) is -1.96. The number of ether oxygens (including phenoxy) is 1. The average Bonchev–Trinajstić information content (AvgIpc) is 2.47. The number of sulfone groups is 1. The number of carbonyl (C=O) groups excluding carboxylic acids is 1. The monoisotopic (exact) mass is 308 g/mol. The fraction of sp³-hybridized carbons (Fsp3) is 0.429. The van der Waals surface area contributed by atoms with Crippen molar-refractivity contribution in [3.63, 3.8) is 0 Å². The zero-order valence-corrected chi connectivity index (χ0v) is 12.4. The summed E-state index contributed by atoms with van der Waals surface area (Å²) in [5.41, 5.74) is 0.761. The third kappa shape index (κ3) is 3.34. The van der Waals surface area contributed by atoms with E-state index in [1.165, 1.54) is 25.3 Å². The number of hydrogen-bond acceptors (Lipinski definition) is 5. The Morgan fingerprint density at radius 2 is 2.19 bits per heavy atom. The van der Waals surface area contributed by atoms with Crippen LogP contribution in [0.15, 0.2) is 18.2 Å². The summed E-state index contributed by atoms with van der Waals surface area (Å²) in [5.74, 6) is -0.163. The molecule has 1 saturated heterocycles. The second-order valence-electron chi connectivity index (χ2n) is 4.87. The van der Waals surface area contributed by atoms with Gasteiger partial charge in [0.2, 0.25) is 5.91 Å². The Hall–Kier alpha value is -2.07. The Morgan fingerprint density at radius 3 is 2.81 bits per heavy atom. The molecule has 1 aromatic rings. The van der Waals surface area contributed by atoms with Crippen molar-refractivity contribution in [2.75, 3.05) is 18.2 Å². The molecule has 6 nitrogen and oxygen atoms in total. The molecule has 0 bridgehead atoms. The second-order valence-corrected chi connectivity index (χ2v) is 7.17. The van der Waals surface area contributed by atoms with E-state index in [-0.39, 0.29) is 5.75 Å². The molecule has 0 aromatic heterocycles. The zero-order valence-electron chi connectivity index (χ0n) is 11.6. The number of nitrogens with zero attached hydrogens (tertiary/aromatic N) is 1. The van der Waals surface area contributed by atoms with Crippen LogP contribution in [0.5, 0.6) is 5.75 Å². The quantitative estimate of drug-likeness (QED) is 0.912. The molecular weight excluding hydrogens is 292 g/mol. The normalized spacial score (nSPS) is 20.3. The fourth-order valence-corrected chi connectivity index (χ4v) is 4.13. The van der Waals surface area contributed by atoms with E-state index in [4.69, 9.17) is 10.00 Å². The maximum atomic E-state index is 12.2. The molecule has 0 spiro atoms. The van der Waals surface area contributed by atoms with Gasteiger partial charge in [0.15, 0.2) is 9.84 Å². The van der Waals surface area contributed by atoms with Gasteiger partial charge in [-0.1, -0.05) is 6.42 Å². The summed E-state index contributed by atoms with van der Waals surface area (Å²) in [5, 5.41) is 10.4. The summed E-state index contributed by atoms with van der Waals surface area (Å²) in [6, 6.07) is 6.53. The van der Waals surface area contributed by atoms with Crippen LogP contribution in [0.2, 0.25) is 0 Å². The number of amides is 1. The van der Waals surface area contributed by atoms with Gasteiger partial charge in [-0.25, -0.2) is 8.42 Å². The van der Waals surface area contributed by atoms with Crippen molar-refractivity contribution in [2.24, 2.45) is 0 Å². The van der Waals surface area contributed by atoms with Crippen molar-refractivity contribution in [3.05, 3.63) is 23.8 Å². The Balaban J connectivity index is 2.22. The molecular formula is C14H16N2O4S. The predicted octanol–water partition coefficient (Wildman–Crippen LogP) is 1.47. The van der Waals surface area contributed by atoms with E-state index in [2.05, 4.69) is 5.32 Å². The molecule has 1 heterocycles. The largest absolute Gasteiger partial charge is 0.495 e. The van der Waals surface area contributed by atoms with Crippen molar-refractivity contribution in [2.45, 2.75) is 24.5 Å². The molecule has 0 aliphatic carbocycles. The van der Waals surface area contributed by atoms with Crippen LogP contribution >= 0.6 is 0 Å². The van der Waals surface area contributed by atoms with Crippen molar-refractivity contribution in [3.8, 4) is 11.8 Å². The molecule has 1 N–H and O–H groups in total. The Labute approximate surface area is 123 Å². The van der Waals surface area contributed by atoms with Crippen LogP contribution in [0.4, 0.5) is 5.69 Å². The number of rotatable bonds is 3. The van der Waals surface area contributed by atoms with Gasteiger partial charge in [0.1, 0.15) is 11.0 Å². The smallest absolute Gasteiger partial charge is 0.242 e. The molecule has 1 aliphatic rings. The topological polar surface area (TPSA) is 96.3 Å². The van der Waals surface area contributed by atoms with Crippen molar-refractivity contribution >= 4 is 21.4 Å².